The van der Waals surface area contributed by atoms with Crippen LogP contribution in [-0.2, 0) is 4.79 Å². The van der Waals surface area contributed by atoms with Crippen LogP contribution in [0.4, 0.5) is 0 Å². The third-order valence-electron chi connectivity index (χ3n) is 3.85. The molecule has 3 rings (SSSR count). The number of amides is 1. The molecular weight excluding hydrogens is 256 g/mol. The SMILES string of the molecule is O=C(O)[C@H]1CCCCN1C(=O)c1ccc2[nH]ccc2c1. The number of rotatable bonds is 2. The first-order chi connectivity index (χ1) is 9.66. The molecule has 104 valence electrons. The molecule has 0 bridgehead atoms. The molecule has 20 heavy (non-hydrogen) atoms. The molecular formula is C15H16N2O3. The molecule has 2 N–H and O–H groups in total. The Balaban J connectivity index is 1.91. The van der Waals surface area contributed by atoms with Crippen LogP contribution in [0.3, 0.4) is 0 Å². The van der Waals surface area contributed by atoms with E-state index in [0.29, 0.717) is 18.5 Å². The molecule has 1 saturated heterocycles. The molecule has 0 unspecified atom stereocenters. The summed E-state index contributed by atoms with van der Waals surface area (Å²) in [5.74, 6) is -1.11. The number of likely N-dealkylation sites (tertiary alicyclic amines) is 1. The van der Waals surface area contributed by atoms with E-state index in [1.807, 2.05) is 24.4 Å². The fourth-order valence-electron chi connectivity index (χ4n) is 2.78. The number of aromatic amines is 1. The lowest BCUT2D eigenvalue weighted by atomic mass is 10.0. The van der Waals surface area contributed by atoms with Gasteiger partial charge in [0, 0.05) is 29.2 Å². The molecule has 1 fully saturated rings. The second kappa shape index (κ2) is 5.00. The largest absolute Gasteiger partial charge is 0.480 e. The molecule has 1 aromatic carbocycles. The Hall–Kier alpha value is -2.30. The highest BCUT2D eigenvalue weighted by atomic mass is 16.4. The van der Waals surface area contributed by atoms with Crippen LogP contribution in [0.15, 0.2) is 30.5 Å². The van der Waals surface area contributed by atoms with Crippen molar-refractivity contribution < 1.29 is 14.7 Å². The van der Waals surface area contributed by atoms with Gasteiger partial charge in [0.15, 0.2) is 0 Å². The number of aliphatic carboxylic acids is 1. The van der Waals surface area contributed by atoms with E-state index in [1.54, 1.807) is 6.07 Å². The lowest BCUT2D eigenvalue weighted by Crippen LogP contribution is -2.47. The average molecular weight is 272 g/mol. The average Bonchev–Trinajstić information content (AvgIpc) is 2.93. The van der Waals surface area contributed by atoms with E-state index in [-0.39, 0.29) is 5.91 Å². The molecule has 0 spiro atoms. The maximum absolute atomic E-state index is 12.5. The molecule has 2 aromatic rings. The van der Waals surface area contributed by atoms with E-state index in [0.717, 1.165) is 23.7 Å². The van der Waals surface area contributed by atoms with Crippen molar-refractivity contribution in [2.24, 2.45) is 0 Å². The second-order valence-corrected chi connectivity index (χ2v) is 5.13. The van der Waals surface area contributed by atoms with E-state index in [9.17, 15) is 14.7 Å². The number of aromatic nitrogens is 1. The predicted molar refractivity (Wildman–Crippen MR) is 74.6 cm³/mol. The van der Waals surface area contributed by atoms with Gasteiger partial charge in [-0.05, 0) is 43.5 Å². The molecule has 1 atom stereocenters. The first kappa shape index (κ1) is 12.7. The van der Waals surface area contributed by atoms with Crippen LogP contribution in [0.25, 0.3) is 10.9 Å². The topological polar surface area (TPSA) is 73.4 Å². The van der Waals surface area contributed by atoms with Crippen molar-refractivity contribution in [1.29, 1.82) is 0 Å². The number of fused-ring (bicyclic) bond motifs is 1. The van der Waals surface area contributed by atoms with Crippen molar-refractivity contribution >= 4 is 22.8 Å². The number of hydrogen-bond donors (Lipinski definition) is 2. The Morgan fingerprint density at radius 3 is 2.90 bits per heavy atom. The Kier molecular flexibility index (Phi) is 3.18. The van der Waals surface area contributed by atoms with Gasteiger partial charge in [0.1, 0.15) is 6.04 Å². The predicted octanol–water partition coefficient (Wildman–Crippen LogP) is 2.25. The monoisotopic (exact) mass is 272 g/mol. The number of carboxylic acid groups (broad SMARTS) is 1. The van der Waals surface area contributed by atoms with Crippen molar-refractivity contribution in [3.63, 3.8) is 0 Å². The maximum Gasteiger partial charge on any atom is 0.326 e. The summed E-state index contributed by atoms with van der Waals surface area (Å²) in [4.78, 5) is 28.4. The quantitative estimate of drug-likeness (QED) is 0.880. The van der Waals surface area contributed by atoms with Crippen LogP contribution in [0, 0.1) is 0 Å². The zero-order chi connectivity index (χ0) is 14.1. The highest BCUT2D eigenvalue weighted by molar-refractivity contribution is 5.99. The zero-order valence-corrected chi connectivity index (χ0v) is 11.0. The maximum atomic E-state index is 12.5. The van der Waals surface area contributed by atoms with Gasteiger partial charge in [-0.15, -0.1) is 0 Å². The minimum absolute atomic E-state index is 0.194. The van der Waals surface area contributed by atoms with Gasteiger partial charge in [-0.2, -0.15) is 0 Å². The van der Waals surface area contributed by atoms with Crippen molar-refractivity contribution in [3.05, 3.63) is 36.0 Å². The molecule has 2 heterocycles. The van der Waals surface area contributed by atoms with Crippen molar-refractivity contribution in [3.8, 4) is 0 Å². The Labute approximate surface area is 116 Å². The molecule has 1 aliphatic rings. The number of carbonyl (C=O) groups is 2. The van der Waals surface area contributed by atoms with Crippen molar-refractivity contribution in [1.82, 2.24) is 9.88 Å². The normalized spacial score (nSPS) is 19.2. The summed E-state index contributed by atoms with van der Waals surface area (Å²) in [5, 5.41) is 10.2. The standard InChI is InChI=1S/C15H16N2O3/c18-14(17-8-2-1-3-13(17)15(19)20)11-4-5-12-10(9-11)6-7-16-12/h4-7,9,13,16H,1-3,8H2,(H,19,20)/t13-/m1/s1. The summed E-state index contributed by atoms with van der Waals surface area (Å²) in [6.07, 6.45) is 4.08. The highest BCUT2D eigenvalue weighted by Gasteiger charge is 2.32. The summed E-state index contributed by atoms with van der Waals surface area (Å²) < 4.78 is 0. The number of carboxylic acids is 1. The van der Waals surface area contributed by atoms with Gasteiger partial charge >= 0.3 is 5.97 Å². The van der Waals surface area contributed by atoms with Crippen molar-refractivity contribution in [2.75, 3.05) is 6.54 Å². The molecule has 5 nitrogen and oxygen atoms in total. The minimum atomic E-state index is -0.916. The van der Waals surface area contributed by atoms with Crippen LogP contribution in [-0.4, -0.2) is 39.5 Å². The van der Waals surface area contributed by atoms with Gasteiger partial charge in [-0.25, -0.2) is 4.79 Å². The Morgan fingerprint density at radius 1 is 1.25 bits per heavy atom. The Morgan fingerprint density at radius 2 is 2.10 bits per heavy atom. The minimum Gasteiger partial charge on any atom is -0.480 e. The lowest BCUT2D eigenvalue weighted by molar-refractivity contribution is -0.143. The highest BCUT2D eigenvalue weighted by Crippen LogP contribution is 2.22. The van der Waals surface area contributed by atoms with E-state index in [4.69, 9.17) is 0 Å². The van der Waals surface area contributed by atoms with Crippen LogP contribution in [0.2, 0.25) is 0 Å². The third kappa shape index (κ3) is 2.15. The van der Waals surface area contributed by atoms with E-state index in [2.05, 4.69) is 4.98 Å². The molecule has 0 saturated carbocycles. The van der Waals surface area contributed by atoms with Gasteiger partial charge in [0.05, 0.1) is 0 Å². The fraction of sp³-hybridized carbons (Fsp3) is 0.333. The smallest absolute Gasteiger partial charge is 0.326 e. The summed E-state index contributed by atoms with van der Waals surface area (Å²) in [5.41, 5.74) is 1.51. The number of nitrogens with zero attached hydrogens (tertiary/aromatic N) is 1. The van der Waals surface area contributed by atoms with Gasteiger partial charge in [-0.3, -0.25) is 4.79 Å². The van der Waals surface area contributed by atoms with E-state index in [1.165, 1.54) is 4.90 Å². The zero-order valence-electron chi connectivity index (χ0n) is 11.0. The first-order valence-corrected chi connectivity index (χ1v) is 6.78. The van der Waals surface area contributed by atoms with E-state index >= 15 is 0 Å². The number of H-pyrrole nitrogens is 1. The number of piperidine rings is 1. The van der Waals surface area contributed by atoms with Crippen LogP contribution >= 0.6 is 0 Å². The summed E-state index contributed by atoms with van der Waals surface area (Å²) in [6.45, 7) is 0.515. The number of nitrogens with one attached hydrogen (secondary N) is 1. The van der Waals surface area contributed by atoms with Gasteiger partial charge in [0.25, 0.3) is 5.91 Å². The number of benzene rings is 1. The molecule has 0 aliphatic carbocycles. The van der Waals surface area contributed by atoms with E-state index < -0.39 is 12.0 Å². The van der Waals surface area contributed by atoms with Crippen LogP contribution in [0.1, 0.15) is 29.6 Å². The summed E-state index contributed by atoms with van der Waals surface area (Å²) >= 11 is 0. The van der Waals surface area contributed by atoms with Crippen molar-refractivity contribution in [2.45, 2.75) is 25.3 Å². The summed E-state index contributed by atoms with van der Waals surface area (Å²) in [7, 11) is 0. The first-order valence-electron chi connectivity index (χ1n) is 6.78. The molecule has 5 heteroatoms. The third-order valence-corrected chi connectivity index (χ3v) is 3.85. The van der Waals surface area contributed by atoms with Gasteiger partial charge in [-0.1, -0.05) is 0 Å². The molecule has 0 radical (unpaired) electrons. The van der Waals surface area contributed by atoms with Gasteiger partial charge in [0.2, 0.25) is 0 Å². The van der Waals surface area contributed by atoms with Gasteiger partial charge < -0.3 is 15.0 Å². The molecule has 1 aromatic heterocycles. The number of hydrogen-bond acceptors (Lipinski definition) is 2. The lowest BCUT2D eigenvalue weighted by Gasteiger charge is -2.33. The molecule has 1 amide bonds. The number of carbonyl (C=O) groups excluding carboxylic acids is 1. The summed E-state index contributed by atoms with van der Waals surface area (Å²) in [6, 6.07) is 6.61. The molecule has 1 aliphatic heterocycles. The van der Waals surface area contributed by atoms with Crippen LogP contribution < -0.4 is 0 Å². The Bertz CT molecular complexity index is 662. The van der Waals surface area contributed by atoms with Crippen LogP contribution in [0.5, 0.6) is 0 Å². The second-order valence-electron chi connectivity index (χ2n) is 5.13. The fourth-order valence-corrected chi connectivity index (χ4v) is 2.78.